The molecule has 0 aromatic heterocycles. The number of hydrogen-bond donors (Lipinski definition) is 1. The molecule has 2 aromatic carbocycles. The molecule has 0 aliphatic carbocycles. The zero-order chi connectivity index (χ0) is 20.8. The number of piperazine rings is 1. The number of carbonyl (C=O) groups excluding carboxylic acids is 2. The summed E-state index contributed by atoms with van der Waals surface area (Å²) in [7, 11) is 0. The zero-order valence-electron chi connectivity index (χ0n) is 17.7. The van der Waals surface area contributed by atoms with Gasteiger partial charge in [0.2, 0.25) is 0 Å². The highest BCUT2D eigenvalue weighted by molar-refractivity contribution is 5.94. The van der Waals surface area contributed by atoms with Crippen molar-refractivity contribution < 1.29 is 14.5 Å². The predicted molar refractivity (Wildman–Crippen MR) is 116 cm³/mol. The molecule has 154 valence electrons. The van der Waals surface area contributed by atoms with Crippen molar-refractivity contribution in [3.63, 3.8) is 0 Å². The van der Waals surface area contributed by atoms with Gasteiger partial charge in [0.15, 0.2) is 11.8 Å². The van der Waals surface area contributed by atoms with Gasteiger partial charge in [0.05, 0.1) is 26.2 Å². The highest BCUT2D eigenvalue weighted by Crippen LogP contribution is 2.17. The van der Waals surface area contributed by atoms with E-state index in [1.165, 1.54) is 4.90 Å². The van der Waals surface area contributed by atoms with Crippen molar-refractivity contribution in [1.82, 2.24) is 4.90 Å². The van der Waals surface area contributed by atoms with Gasteiger partial charge in [-0.25, -0.2) is 0 Å². The monoisotopic (exact) mass is 394 g/mol. The molecule has 29 heavy (non-hydrogen) atoms. The van der Waals surface area contributed by atoms with Crippen molar-refractivity contribution in [2.24, 2.45) is 0 Å². The number of hydrogen-bond acceptors (Lipinski definition) is 3. The summed E-state index contributed by atoms with van der Waals surface area (Å²) in [6.07, 6.45) is 0. The van der Waals surface area contributed by atoms with Gasteiger partial charge in [-0.15, -0.1) is 0 Å². The summed E-state index contributed by atoms with van der Waals surface area (Å²) < 4.78 is 0. The maximum Gasteiger partial charge on any atom is 0.285 e. The van der Waals surface area contributed by atoms with Crippen LogP contribution < -0.4 is 9.80 Å². The lowest BCUT2D eigenvalue weighted by atomic mass is 10.0. The molecule has 1 aliphatic rings. The van der Waals surface area contributed by atoms with Crippen molar-refractivity contribution in [2.75, 3.05) is 44.2 Å². The molecule has 0 radical (unpaired) electrons. The highest BCUT2D eigenvalue weighted by Gasteiger charge is 2.36. The van der Waals surface area contributed by atoms with Crippen LogP contribution in [0.15, 0.2) is 54.6 Å². The lowest BCUT2D eigenvalue weighted by Gasteiger charge is -2.38. The minimum Gasteiger partial charge on any atom is -0.360 e. The van der Waals surface area contributed by atoms with Crippen LogP contribution in [0.1, 0.15) is 42.7 Å². The molecule has 1 saturated heterocycles. The number of Topliss-reactive ketones (excluding diaryl/α,β-unsaturated/α-hetero) is 1. The number of nitrogens with one attached hydrogen (secondary N) is 1. The maximum atomic E-state index is 13.3. The number of anilines is 1. The third-order valence-electron chi connectivity index (χ3n) is 5.91. The Balaban J connectivity index is 1.74. The van der Waals surface area contributed by atoms with Crippen molar-refractivity contribution in [3.05, 3.63) is 65.7 Å². The van der Waals surface area contributed by atoms with Crippen LogP contribution in [0.5, 0.6) is 0 Å². The van der Waals surface area contributed by atoms with Crippen LogP contribution in [0.25, 0.3) is 0 Å². The highest BCUT2D eigenvalue weighted by atomic mass is 16.2. The third kappa shape index (κ3) is 4.85. The minimum atomic E-state index is -0.154. The molecule has 1 atom stereocenters. The fourth-order valence-electron chi connectivity index (χ4n) is 4.16. The first-order valence-corrected chi connectivity index (χ1v) is 10.6. The van der Waals surface area contributed by atoms with E-state index in [1.807, 2.05) is 61.2 Å². The summed E-state index contributed by atoms with van der Waals surface area (Å²) in [5.41, 5.74) is 2.98. The van der Waals surface area contributed by atoms with Gasteiger partial charge in [-0.2, -0.15) is 0 Å². The summed E-state index contributed by atoms with van der Waals surface area (Å²) in [6.45, 7) is 10.7. The molecule has 0 bridgehead atoms. The van der Waals surface area contributed by atoms with E-state index >= 15 is 0 Å². The van der Waals surface area contributed by atoms with Gasteiger partial charge in [0.25, 0.3) is 5.91 Å². The number of amides is 1. The summed E-state index contributed by atoms with van der Waals surface area (Å²) in [4.78, 5) is 30.4. The second kappa shape index (κ2) is 9.70. The Hall–Kier alpha value is -2.66. The van der Waals surface area contributed by atoms with Gasteiger partial charge in [-0.1, -0.05) is 30.3 Å². The van der Waals surface area contributed by atoms with Crippen LogP contribution in [0, 0.1) is 0 Å². The first-order chi connectivity index (χ1) is 14.0. The lowest BCUT2D eigenvalue weighted by Crippen LogP contribution is -3.16. The normalized spacial score (nSPS) is 15.8. The van der Waals surface area contributed by atoms with E-state index in [0.717, 1.165) is 56.1 Å². The molecular formula is C24H32N3O2+. The number of benzene rings is 2. The molecule has 1 heterocycles. The molecule has 1 amide bonds. The summed E-state index contributed by atoms with van der Waals surface area (Å²) >= 11 is 0. The van der Waals surface area contributed by atoms with Gasteiger partial charge < -0.3 is 14.7 Å². The molecule has 5 nitrogen and oxygen atoms in total. The average molecular weight is 395 g/mol. The zero-order valence-corrected chi connectivity index (χ0v) is 17.7. The molecule has 2 aromatic rings. The van der Waals surface area contributed by atoms with Crippen LogP contribution in [0.4, 0.5) is 5.69 Å². The number of quaternary nitrogens is 1. The smallest absolute Gasteiger partial charge is 0.285 e. The molecule has 1 fully saturated rings. The summed E-state index contributed by atoms with van der Waals surface area (Å²) in [6, 6.07) is 17.9. The Morgan fingerprint density at radius 1 is 0.966 bits per heavy atom. The number of nitrogens with zero attached hydrogens (tertiary/aromatic N) is 2. The topological polar surface area (TPSA) is 45.1 Å². The number of likely N-dealkylation sites (N-methyl/N-ethyl adjacent to an activating group) is 1. The Labute approximate surface area is 173 Å². The molecule has 5 heteroatoms. The minimum absolute atomic E-state index is 0.0893. The largest absolute Gasteiger partial charge is 0.360 e. The van der Waals surface area contributed by atoms with E-state index in [1.54, 1.807) is 6.92 Å². The van der Waals surface area contributed by atoms with Crippen LogP contribution in [0.3, 0.4) is 0 Å². The van der Waals surface area contributed by atoms with Gasteiger partial charge in [-0.05, 0) is 45.0 Å². The molecular weight excluding hydrogens is 362 g/mol. The van der Waals surface area contributed by atoms with Gasteiger partial charge in [-0.3, -0.25) is 9.59 Å². The van der Waals surface area contributed by atoms with Crippen LogP contribution in [0.2, 0.25) is 0 Å². The standard InChI is InChI=1S/C24H31N3O2/c1-4-25(5-2)24(29)23(21-9-7-6-8-10-21)27-17-15-26(16-18-27)22-13-11-20(12-14-22)19(3)28/h6-14,23H,4-5,15-18H2,1-3H3/p+1/t23-/m0/s1. The lowest BCUT2D eigenvalue weighted by molar-refractivity contribution is -0.922. The molecule has 0 spiro atoms. The van der Waals surface area contributed by atoms with Crippen molar-refractivity contribution >= 4 is 17.4 Å². The molecule has 1 N–H and O–H groups in total. The second-order valence-corrected chi connectivity index (χ2v) is 7.60. The average Bonchev–Trinajstić information content (AvgIpc) is 2.76. The van der Waals surface area contributed by atoms with Gasteiger partial charge >= 0.3 is 0 Å². The molecule has 3 rings (SSSR count). The molecule has 0 saturated carbocycles. The van der Waals surface area contributed by atoms with E-state index in [9.17, 15) is 9.59 Å². The first-order valence-electron chi connectivity index (χ1n) is 10.6. The van der Waals surface area contributed by atoms with Gasteiger partial charge in [0, 0.05) is 29.9 Å². The predicted octanol–water partition coefficient (Wildman–Crippen LogP) is 2.20. The number of rotatable bonds is 7. The van der Waals surface area contributed by atoms with Gasteiger partial charge in [0.1, 0.15) is 0 Å². The third-order valence-corrected chi connectivity index (χ3v) is 5.91. The van der Waals surface area contributed by atoms with E-state index in [0.29, 0.717) is 0 Å². The Morgan fingerprint density at radius 2 is 1.55 bits per heavy atom. The Morgan fingerprint density at radius 3 is 2.07 bits per heavy atom. The molecule has 0 unspecified atom stereocenters. The SMILES string of the molecule is CCN(CC)C(=O)[C@H](c1ccccc1)[NH+]1CCN(c2ccc(C(C)=O)cc2)CC1. The van der Waals surface area contributed by atoms with E-state index < -0.39 is 0 Å². The number of carbonyl (C=O) groups is 2. The van der Waals surface area contributed by atoms with E-state index in [2.05, 4.69) is 17.0 Å². The Kier molecular flexibility index (Phi) is 7.04. The fourth-order valence-corrected chi connectivity index (χ4v) is 4.16. The summed E-state index contributed by atoms with van der Waals surface area (Å²) in [5.74, 6) is 0.307. The first kappa shape index (κ1) is 21.1. The van der Waals surface area contributed by atoms with Crippen molar-refractivity contribution in [1.29, 1.82) is 0 Å². The quantitative estimate of drug-likeness (QED) is 0.733. The molecule has 1 aliphatic heterocycles. The van der Waals surface area contributed by atoms with E-state index in [-0.39, 0.29) is 17.7 Å². The van der Waals surface area contributed by atoms with Crippen LogP contribution in [-0.2, 0) is 4.79 Å². The van der Waals surface area contributed by atoms with E-state index in [4.69, 9.17) is 0 Å². The Bertz CT molecular complexity index is 808. The summed E-state index contributed by atoms with van der Waals surface area (Å²) in [5, 5.41) is 0. The van der Waals surface area contributed by atoms with Crippen LogP contribution >= 0.6 is 0 Å². The maximum absolute atomic E-state index is 13.3. The second-order valence-electron chi connectivity index (χ2n) is 7.60. The fraction of sp³-hybridized carbons (Fsp3) is 0.417. The van der Waals surface area contributed by atoms with Crippen molar-refractivity contribution in [2.45, 2.75) is 26.8 Å². The van der Waals surface area contributed by atoms with Crippen LogP contribution in [-0.4, -0.2) is 55.9 Å². The number of ketones is 1. The van der Waals surface area contributed by atoms with Crippen molar-refractivity contribution in [3.8, 4) is 0 Å².